The van der Waals surface area contributed by atoms with E-state index in [4.69, 9.17) is 9.84 Å². The molecule has 0 saturated heterocycles. The summed E-state index contributed by atoms with van der Waals surface area (Å²) in [4.78, 5) is 10.7. The van der Waals surface area contributed by atoms with E-state index in [1.54, 1.807) is 6.92 Å². The Morgan fingerprint density at radius 1 is 1.43 bits per heavy atom. The number of carboxylic acid groups (broad SMARTS) is 1. The van der Waals surface area contributed by atoms with Gasteiger partial charge in [0.1, 0.15) is 0 Å². The molecule has 0 aromatic rings. The van der Waals surface area contributed by atoms with Crippen LogP contribution in [0.25, 0.3) is 0 Å². The van der Waals surface area contributed by atoms with Crippen molar-refractivity contribution in [2.75, 3.05) is 26.8 Å². The third-order valence-electron chi connectivity index (χ3n) is 3.54. The van der Waals surface area contributed by atoms with E-state index in [0.29, 0.717) is 12.6 Å². The van der Waals surface area contributed by atoms with Gasteiger partial charge in [0.15, 0.2) is 12.1 Å². The number of nitrogens with one attached hydrogen (secondary N) is 2. The topological polar surface area (TPSA) is 131 Å². The fourth-order valence-electron chi connectivity index (χ4n) is 2.57. The lowest BCUT2D eigenvalue weighted by atomic mass is 9.77. The fraction of sp³-hybridized carbons (Fsp3) is 0.846. The number of aliphatic hydroxyl groups excluding tert-OH is 2. The van der Waals surface area contributed by atoms with Crippen molar-refractivity contribution in [3.05, 3.63) is 6.10 Å². The lowest BCUT2D eigenvalue weighted by molar-refractivity contribution is -0.136. The first-order valence-corrected chi connectivity index (χ1v) is 6.92. The van der Waals surface area contributed by atoms with Crippen LogP contribution in [-0.4, -0.2) is 77.0 Å². The fourth-order valence-corrected chi connectivity index (χ4v) is 2.57. The Bertz CT molecular complexity index is 341. The molecule has 8 nitrogen and oxygen atoms in total. The second-order valence-corrected chi connectivity index (χ2v) is 5.53. The van der Waals surface area contributed by atoms with Crippen molar-refractivity contribution in [2.24, 2.45) is 0 Å². The molecule has 0 aromatic carbocycles. The molecular formula is C13H25N2O6+. The smallest absolute Gasteiger partial charge is 0.317 e. The average molecular weight is 305 g/mol. The molecule has 1 rings (SSSR count). The molecule has 6 N–H and O–H groups in total. The molecule has 122 valence electrons. The summed E-state index contributed by atoms with van der Waals surface area (Å²) < 4.78 is 5.34. The van der Waals surface area contributed by atoms with Crippen molar-refractivity contribution in [2.45, 2.75) is 43.6 Å². The van der Waals surface area contributed by atoms with Gasteiger partial charge in [0.2, 0.25) is 0 Å². The van der Waals surface area contributed by atoms with Gasteiger partial charge in [-0.25, -0.2) is 0 Å². The zero-order valence-electron chi connectivity index (χ0n) is 12.4. The number of hydrogen-bond donors (Lipinski definition) is 6. The summed E-state index contributed by atoms with van der Waals surface area (Å²) in [5, 5.41) is 43.7. The minimum absolute atomic E-state index is 0.160. The molecule has 1 aliphatic carbocycles. The number of ether oxygens (including phenoxy) is 1. The summed E-state index contributed by atoms with van der Waals surface area (Å²) in [6, 6.07) is -0.884. The van der Waals surface area contributed by atoms with Crippen molar-refractivity contribution in [3.8, 4) is 0 Å². The molecule has 1 saturated carbocycles. The number of rotatable bonds is 8. The van der Waals surface area contributed by atoms with Gasteiger partial charge in [0.05, 0.1) is 32.0 Å². The van der Waals surface area contributed by atoms with Gasteiger partial charge in [-0.1, -0.05) is 0 Å². The zero-order valence-corrected chi connectivity index (χ0v) is 12.4. The predicted octanol–water partition coefficient (Wildman–Crippen LogP) is -1.94. The molecule has 0 amide bonds. The molecule has 4 atom stereocenters. The Morgan fingerprint density at radius 2 is 2.00 bits per heavy atom. The zero-order chi connectivity index (χ0) is 16.0. The first-order valence-electron chi connectivity index (χ1n) is 6.92. The molecule has 8 heteroatoms. The van der Waals surface area contributed by atoms with E-state index in [1.807, 2.05) is 0 Å². The lowest BCUT2D eigenvalue weighted by Gasteiger charge is -2.37. The van der Waals surface area contributed by atoms with Gasteiger partial charge in [-0.15, -0.1) is 0 Å². The van der Waals surface area contributed by atoms with Crippen LogP contribution < -0.4 is 10.6 Å². The summed E-state index contributed by atoms with van der Waals surface area (Å²) in [5.74, 6) is -1.02. The minimum Gasteiger partial charge on any atom is -0.480 e. The largest absolute Gasteiger partial charge is 0.480 e. The van der Waals surface area contributed by atoms with Crippen molar-refractivity contribution < 1.29 is 30.0 Å². The van der Waals surface area contributed by atoms with Crippen LogP contribution in [0.5, 0.6) is 0 Å². The molecule has 0 aliphatic heterocycles. The monoisotopic (exact) mass is 305 g/mol. The highest BCUT2D eigenvalue weighted by Gasteiger charge is 2.54. The van der Waals surface area contributed by atoms with Crippen molar-refractivity contribution in [3.63, 3.8) is 0 Å². The molecule has 0 radical (unpaired) electrons. The second kappa shape index (κ2) is 7.92. The van der Waals surface area contributed by atoms with E-state index >= 15 is 0 Å². The quantitative estimate of drug-likeness (QED) is 0.286. The first-order chi connectivity index (χ1) is 9.81. The second-order valence-electron chi connectivity index (χ2n) is 5.53. The number of carbonyl (C=O) groups is 1. The number of aliphatic hydroxyl groups is 3. The van der Waals surface area contributed by atoms with E-state index in [1.165, 1.54) is 7.11 Å². The van der Waals surface area contributed by atoms with Crippen molar-refractivity contribution >= 4 is 5.97 Å². The standard InChI is InChI=1S/C13H24N2O6/c1-8(17)5-14-9-3-13(20,7-16)4-10(12(9)21-2)15-6-11(18)19/h8-10,14-17,20H,3-7H2,1-2H3/p+1/t8?,9?,10?,13-/m1/s1. The van der Waals surface area contributed by atoms with Crippen LogP contribution in [0.4, 0.5) is 0 Å². The number of aliphatic carboxylic acids is 1. The van der Waals surface area contributed by atoms with Crippen LogP contribution >= 0.6 is 0 Å². The summed E-state index contributed by atoms with van der Waals surface area (Å²) in [7, 11) is 1.48. The summed E-state index contributed by atoms with van der Waals surface area (Å²) in [5.41, 5.74) is -1.32. The van der Waals surface area contributed by atoms with Gasteiger partial charge in [-0.05, 0) is 6.92 Å². The maximum Gasteiger partial charge on any atom is 0.317 e. The SMILES string of the molecule is CO[C+]1C(NCC(=O)O)C[C@@](O)(CO)CC1NCC(C)O. The molecule has 0 heterocycles. The lowest BCUT2D eigenvalue weighted by Crippen LogP contribution is -2.60. The summed E-state index contributed by atoms with van der Waals surface area (Å²) in [6.45, 7) is 1.22. The Balaban J connectivity index is 2.80. The third-order valence-corrected chi connectivity index (χ3v) is 3.54. The van der Waals surface area contributed by atoms with Gasteiger partial charge < -0.3 is 20.4 Å². The molecule has 1 fully saturated rings. The third kappa shape index (κ3) is 5.42. The highest BCUT2D eigenvalue weighted by Crippen LogP contribution is 2.34. The van der Waals surface area contributed by atoms with Crippen LogP contribution in [0.3, 0.4) is 0 Å². The van der Waals surface area contributed by atoms with Crippen molar-refractivity contribution in [1.82, 2.24) is 10.6 Å². The molecule has 0 spiro atoms. The highest BCUT2D eigenvalue weighted by atomic mass is 16.5. The summed E-state index contributed by atoms with van der Waals surface area (Å²) >= 11 is 0. The van der Waals surface area contributed by atoms with Gasteiger partial charge in [0.25, 0.3) is 6.10 Å². The number of carboxylic acids is 1. The minimum atomic E-state index is -1.32. The normalized spacial score (nSPS) is 31.2. The van der Waals surface area contributed by atoms with Gasteiger partial charge in [-0.3, -0.25) is 15.4 Å². The van der Waals surface area contributed by atoms with E-state index in [-0.39, 0.29) is 25.4 Å². The Labute approximate surface area is 124 Å². The maximum atomic E-state index is 10.7. The van der Waals surface area contributed by atoms with E-state index < -0.39 is 30.3 Å². The van der Waals surface area contributed by atoms with Crippen LogP contribution in [0.2, 0.25) is 0 Å². The molecule has 0 aromatic heterocycles. The average Bonchev–Trinajstić information content (AvgIpc) is 2.42. The van der Waals surface area contributed by atoms with Crippen molar-refractivity contribution in [1.29, 1.82) is 0 Å². The highest BCUT2D eigenvalue weighted by molar-refractivity contribution is 5.69. The Kier molecular flexibility index (Phi) is 6.85. The molecule has 3 unspecified atom stereocenters. The Morgan fingerprint density at radius 3 is 2.43 bits per heavy atom. The van der Waals surface area contributed by atoms with Crippen LogP contribution in [0.1, 0.15) is 19.8 Å². The Hall–Kier alpha value is -0.900. The van der Waals surface area contributed by atoms with Crippen LogP contribution in [0.15, 0.2) is 0 Å². The van der Waals surface area contributed by atoms with Gasteiger partial charge >= 0.3 is 5.97 Å². The van der Waals surface area contributed by atoms with E-state index in [9.17, 15) is 20.1 Å². The predicted molar refractivity (Wildman–Crippen MR) is 74.4 cm³/mol. The number of methoxy groups -OCH3 is 1. The maximum absolute atomic E-state index is 10.7. The summed E-state index contributed by atoms with van der Waals surface area (Å²) in [6.07, 6.45) is 0.380. The van der Waals surface area contributed by atoms with Gasteiger partial charge in [0, 0.05) is 19.4 Å². The van der Waals surface area contributed by atoms with E-state index in [0.717, 1.165) is 0 Å². The van der Waals surface area contributed by atoms with Gasteiger partial charge in [-0.2, -0.15) is 4.74 Å². The first kappa shape index (κ1) is 18.1. The number of hydrogen-bond acceptors (Lipinski definition) is 7. The van der Waals surface area contributed by atoms with Crippen LogP contribution in [0, 0.1) is 6.10 Å². The van der Waals surface area contributed by atoms with Crippen LogP contribution in [-0.2, 0) is 9.53 Å². The van der Waals surface area contributed by atoms with E-state index in [2.05, 4.69) is 10.6 Å². The molecule has 1 aliphatic rings. The molecule has 0 bridgehead atoms. The molecule has 21 heavy (non-hydrogen) atoms. The molecular weight excluding hydrogens is 280 g/mol.